The minimum absolute atomic E-state index is 0.181. The standard InChI is InChI=1S/C22H24N2O4S2/c25-14-9-11-23(13-14)21(27)16-6-2-1-5-15(16)20-18(26)10-12-24(20)22(28)17-7-3-4-8-19(17)30-29/h1-8,14,18,20,25-26,29H,9-13H2. The molecular formula is C22H24N2O4S2. The molecule has 8 heteroatoms. The summed E-state index contributed by atoms with van der Waals surface area (Å²) in [5, 5.41) is 20.6. The minimum atomic E-state index is -0.761. The number of nitrogens with zero attached hydrogens (tertiary/aromatic N) is 2. The highest BCUT2D eigenvalue weighted by Crippen LogP contribution is 2.37. The molecule has 4 rings (SSSR count). The van der Waals surface area contributed by atoms with Crippen LogP contribution < -0.4 is 0 Å². The van der Waals surface area contributed by atoms with Crippen molar-refractivity contribution < 1.29 is 19.8 Å². The number of aliphatic hydroxyl groups excluding tert-OH is 2. The Morgan fingerprint density at radius 3 is 2.33 bits per heavy atom. The van der Waals surface area contributed by atoms with Crippen LogP contribution in [0.1, 0.15) is 45.2 Å². The molecule has 2 fully saturated rings. The zero-order valence-corrected chi connectivity index (χ0v) is 18.1. The van der Waals surface area contributed by atoms with Crippen molar-refractivity contribution in [1.82, 2.24) is 9.80 Å². The molecule has 2 heterocycles. The summed E-state index contributed by atoms with van der Waals surface area (Å²) in [6, 6.07) is 13.8. The summed E-state index contributed by atoms with van der Waals surface area (Å²) in [5.41, 5.74) is 1.63. The molecule has 30 heavy (non-hydrogen) atoms. The van der Waals surface area contributed by atoms with Gasteiger partial charge in [-0.1, -0.05) is 41.1 Å². The average molecular weight is 445 g/mol. The molecular weight excluding hydrogens is 420 g/mol. The first kappa shape index (κ1) is 21.2. The van der Waals surface area contributed by atoms with Crippen LogP contribution in [-0.4, -0.2) is 63.7 Å². The number of rotatable bonds is 4. The second kappa shape index (κ2) is 9.01. The van der Waals surface area contributed by atoms with Crippen molar-refractivity contribution >= 4 is 34.3 Å². The van der Waals surface area contributed by atoms with Gasteiger partial charge in [0.1, 0.15) is 0 Å². The lowest BCUT2D eigenvalue weighted by atomic mass is 9.95. The summed E-state index contributed by atoms with van der Waals surface area (Å²) in [4.78, 5) is 30.5. The molecule has 3 unspecified atom stereocenters. The molecule has 2 N–H and O–H groups in total. The van der Waals surface area contributed by atoms with E-state index in [2.05, 4.69) is 11.7 Å². The molecule has 6 nitrogen and oxygen atoms in total. The number of amides is 2. The zero-order valence-electron chi connectivity index (χ0n) is 16.3. The minimum Gasteiger partial charge on any atom is -0.391 e. The van der Waals surface area contributed by atoms with Gasteiger partial charge in [0.15, 0.2) is 0 Å². The van der Waals surface area contributed by atoms with E-state index in [4.69, 9.17) is 0 Å². The maximum Gasteiger partial charge on any atom is 0.255 e. The predicted octanol–water partition coefficient (Wildman–Crippen LogP) is 2.78. The largest absolute Gasteiger partial charge is 0.391 e. The van der Waals surface area contributed by atoms with Crippen molar-refractivity contribution in [3.05, 3.63) is 65.2 Å². The molecule has 2 amide bonds. The lowest BCUT2D eigenvalue weighted by Gasteiger charge is -2.29. The smallest absolute Gasteiger partial charge is 0.255 e. The number of carbonyl (C=O) groups excluding carboxylic acids is 2. The summed E-state index contributed by atoms with van der Waals surface area (Å²) < 4.78 is 0. The third-order valence-electron chi connectivity index (χ3n) is 5.80. The molecule has 2 aromatic rings. The van der Waals surface area contributed by atoms with E-state index in [0.717, 1.165) is 4.90 Å². The van der Waals surface area contributed by atoms with E-state index in [1.807, 2.05) is 18.2 Å². The SMILES string of the molecule is O=C(c1ccccc1C1C(O)CCN1C(=O)c1ccccc1SS)N1CCC(O)C1. The Hall–Kier alpha value is -2.00. The fourth-order valence-corrected chi connectivity index (χ4v) is 5.17. The van der Waals surface area contributed by atoms with Gasteiger partial charge in [0.2, 0.25) is 0 Å². The van der Waals surface area contributed by atoms with E-state index in [1.165, 1.54) is 10.8 Å². The molecule has 0 aromatic heterocycles. The van der Waals surface area contributed by atoms with Gasteiger partial charge in [-0.05, 0) is 36.6 Å². The highest BCUT2D eigenvalue weighted by atomic mass is 33.1. The van der Waals surface area contributed by atoms with Crippen LogP contribution in [0.15, 0.2) is 53.4 Å². The maximum atomic E-state index is 13.4. The van der Waals surface area contributed by atoms with E-state index >= 15 is 0 Å². The summed E-state index contributed by atoms with van der Waals surface area (Å²) in [5.74, 6) is -0.368. The fourth-order valence-electron chi connectivity index (χ4n) is 4.30. The van der Waals surface area contributed by atoms with Gasteiger partial charge in [0.25, 0.3) is 11.8 Å². The number of benzene rings is 2. The van der Waals surface area contributed by atoms with Crippen LogP contribution in [0.2, 0.25) is 0 Å². The van der Waals surface area contributed by atoms with Crippen LogP contribution in [-0.2, 0) is 0 Å². The molecule has 158 valence electrons. The van der Waals surface area contributed by atoms with Crippen molar-refractivity contribution in [2.75, 3.05) is 19.6 Å². The fraction of sp³-hybridized carbons (Fsp3) is 0.364. The first-order valence-electron chi connectivity index (χ1n) is 9.97. The Morgan fingerprint density at radius 2 is 1.63 bits per heavy atom. The number of carbonyl (C=O) groups is 2. The highest BCUT2D eigenvalue weighted by Gasteiger charge is 2.40. The van der Waals surface area contributed by atoms with Crippen molar-refractivity contribution in [1.29, 1.82) is 0 Å². The monoisotopic (exact) mass is 444 g/mol. The summed E-state index contributed by atoms with van der Waals surface area (Å²) in [6.45, 7) is 1.20. The van der Waals surface area contributed by atoms with E-state index < -0.39 is 18.2 Å². The van der Waals surface area contributed by atoms with Gasteiger partial charge in [-0.15, -0.1) is 11.7 Å². The highest BCUT2D eigenvalue weighted by molar-refractivity contribution is 8.68. The Kier molecular flexibility index (Phi) is 6.38. The van der Waals surface area contributed by atoms with Crippen LogP contribution in [0.25, 0.3) is 0 Å². The Balaban J connectivity index is 1.69. The van der Waals surface area contributed by atoms with Gasteiger partial charge in [-0.3, -0.25) is 9.59 Å². The Morgan fingerprint density at radius 1 is 0.933 bits per heavy atom. The second-order valence-electron chi connectivity index (χ2n) is 7.67. The third kappa shape index (κ3) is 3.97. The number of β-amino-alcohol motifs (C(OH)–C–C–N with tert-alkyl or cyclic N) is 1. The van der Waals surface area contributed by atoms with Crippen LogP contribution in [0.3, 0.4) is 0 Å². The topological polar surface area (TPSA) is 81.1 Å². The first-order valence-corrected chi connectivity index (χ1v) is 11.8. The number of likely N-dealkylation sites (tertiary alicyclic amines) is 2. The maximum absolute atomic E-state index is 13.4. The number of hydrogen-bond donors (Lipinski definition) is 3. The average Bonchev–Trinajstić information content (AvgIpc) is 3.38. The molecule has 2 aromatic carbocycles. The number of aliphatic hydroxyl groups is 2. The molecule has 0 aliphatic carbocycles. The van der Waals surface area contributed by atoms with Crippen LogP contribution in [0, 0.1) is 0 Å². The van der Waals surface area contributed by atoms with Gasteiger partial charge in [-0.25, -0.2) is 0 Å². The number of thiol groups is 1. The van der Waals surface area contributed by atoms with Gasteiger partial charge >= 0.3 is 0 Å². The molecule has 3 atom stereocenters. The van der Waals surface area contributed by atoms with Crippen LogP contribution in [0.5, 0.6) is 0 Å². The van der Waals surface area contributed by atoms with Crippen LogP contribution in [0.4, 0.5) is 0 Å². The van der Waals surface area contributed by atoms with E-state index in [-0.39, 0.29) is 11.8 Å². The van der Waals surface area contributed by atoms with E-state index in [9.17, 15) is 19.8 Å². The Bertz CT molecular complexity index is 954. The van der Waals surface area contributed by atoms with Crippen molar-refractivity contribution in [2.24, 2.45) is 0 Å². The molecule has 0 bridgehead atoms. The number of hydrogen-bond acceptors (Lipinski definition) is 6. The molecule has 2 aliphatic heterocycles. The van der Waals surface area contributed by atoms with Gasteiger partial charge in [0.05, 0.1) is 23.8 Å². The normalized spacial score (nSPS) is 23.8. The Labute approximate surface area is 184 Å². The first-order chi connectivity index (χ1) is 14.5. The summed E-state index contributed by atoms with van der Waals surface area (Å²) in [7, 11) is 1.21. The van der Waals surface area contributed by atoms with E-state index in [0.29, 0.717) is 49.2 Å². The zero-order chi connectivity index (χ0) is 21.3. The van der Waals surface area contributed by atoms with Gasteiger partial charge < -0.3 is 20.0 Å². The van der Waals surface area contributed by atoms with Gasteiger partial charge in [-0.2, -0.15) is 0 Å². The quantitative estimate of drug-likeness (QED) is 0.499. The van der Waals surface area contributed by atoms with Crippen molar-refractivity contribution in [3.63, 3.8) is 0 Å². The molecule has 0 radical (unpaired) electrons. The van der Waals surface area contributed by atoms with Crippen molar-refractivity contribution in [2.45, 2.75) is 36.0 Å². The lowest BCUT2D eigenvalue weighted by Crippen LogP contribution is -2.36. The summed E-state index contributed by atoms with van der Waals surface area (Å²) in [6.07, 6.45) is -0.269. The van der Waals surface area contributed by atoms with Gasteiger partial charge in [0, 0.05) is 30.1 Å². The van der Waals surface area contributed by atoms with Crippen LogP contribution >= 0.6 is 22.5 Å². The third-order valence-corrected chi connectivity index (χ3v) is 6.95. The predicted molar refractivity (Wildman–Crippen MR) is 119 cm³/mol. The van der Waals surface area contributed by atoms with E-state index in [1.54, 1.807) is 40.1 Å². The summed E-state index contributed by atoms with van der Waals surface area (Å²) >= 11 is 4.25. The molecule has 0 saturated carbocycles. The molecule has 2 saturated heterocycles. The molecule has 2 aliphatic rings. The second-order valence-corrected chi connectivity index (χ2v) is 8.84. The lowest BCUT2D eigenvalue weighted by molar-refractivity contribution is 0.0624. The molecule has 0 spiro atoms. The van der Waals surface area contributed by atoms with Crippen molar-refractivity contribution in [3.8, 4) is 0 Å².